The molecule has 4 heterocycles. The molecule has 0 aliphatic heterocycles. The zero-order valence-corrected chi connectivity index (χ0v) is 21.1. The third-order valence-electron chi connectivity index (χ3n) is 5.50. The molecular formula is C24H22BrN9O2. The van der Waals surface area contributed by atoms with Crippen molar-refractivity contribution in [1.29, 1.82) is 0 Å². The average molecular weight is 548 g/mol. The molecule has 0 fully saturated rings. The van der Waals surface area contributed by atoms with E-state index in [9.17, 15) is 9.59 Å². The smallest absolute Gasteiger partial charge is 0.276 e. The normalized spacial score (nSPS) is 11.1. The third kappa shape index (κ3) is 4.50. The third-order valence-corrected chi connectivity index (χ3v) is 6.08. The summed E-state index contributed by atoms with van der Waals surface area (Å²) in [6, 6.07) is 12.0. The summed E-state index contributed by atoms with van der Waals surface area (Å²) in [7, 11) is 0. The minimum absolute atomic E-state index is 0.197. The highest BCUT2D eigenvalue weighted by molar-refractivity contribution is 9.10. The highest BCUT2D eigenvalue weighted by Gasteiger charge is 2.18. The van der Waals surface area contributed by atoms with Crippen LogP contribution in [0.5, 0.6) is 0 Å². The molecule has 36 heavy (non-hydrogen) atoms. The van der Waals surface area contributed by atoms with Crippen molar-refractivity contribution in [3.8, 4) is 11.4 Å². The van der Waals surface area contributed by atoms with Gasteiger partial charge in [-0.15, -0.1) is 0 Å². The number of hydrogen-bond donors (Lipinski definition) is 2. The molecule has 0 saturated heterocycles. The first-order chi connectivity index (χ1) is 17.5. The number of anilines is 2. The van der Waals surface area contributed by atoms with Crippen molar-refractivity contribution in [2.45, 2.75) is 26.9 Å². The van der Waals surface area contributed by atoms with Gasteiger partial charge in [-0.2, -0.15) is 15.3 Å². The Bertz CT molecular complexity index is 1580. The quantitative estimate of drug-likeness (QED) is 0.316. The average Bonchev–Trinajstić information content (AvgIpc) is 3.61. The molecule has 0 spiro atoms. The maximum absolute atomic E-state index is 13.0. The fourth-order valence-corrected chi connectivity index (χ4v) is 4.28. The van der Waals surface area contributed by atoms with Crippen LogP contribution in [0.4, 0.5) is 11.4 Å². The van der Waals surface area contributed by atoms with Crippen LogP contribution < -0.4 is 10.6 Å². The lowest BCUT2D eigenvalue weighted by atomic mass is 10.2. The largest absolute Gasteiger partial charge is 0.321 e. The van der Waals surface area contributed by atoms with Crippen LogP contribution in [0, 0.1) is 0 Å². The number of nitrogens with zero attached hydrogens (tertiary/aromatic N) is 7. The van der Waals surface area contributed by atoms with Gasteiger partial charge in [0.1, 0.15) is 11.4 Å². The van der Waals surface area contributed by atoms with E-state index in [2.05, 4.69) is 46.8 Å². The summed E-state index contributed by atoms with van der Waals surface area (Å²) in [4.78, 5) is 30.0. The van der Waals surface area contributed by atoms with Crippen molar-refractivity contribution >= 4 is 44.8 Å². The fraction of sp³-hybridized carbons (Fsp3) is 0.167. The number of carbonyl (C=O) groups excluding carboxylic acids is 2. The molecule has 182 valence electrons. The molecule has 0 atom stereocenters. The molecule has 0 unspecified atom stereocenters. The van der Waals surface area contributed by atoms with Crippen LogP contribution in [-0.2, 0) is 13.1 Å². The highest BCUT2D eigenvalue weighted by atomic mass is 79.9. The summed E-state index contributed by atoms with van der Waals surface area (Å²) in [5.74, 6) is -0.689. The van der Waals surface area contributed by atoms with E-state index >= 15 is 0 Å². The van der Waals surface area contributed by atoms with Crippen molar-refractivity contribution in [3.05, 3.63) is 76.9 Å². The first kappa shape index (κ1) is 23.4. The molecular weight excluding hydrogens is 526 g/mol. The summed E-state index contributed by atoms with van der Waals surface area (Å²) in [6.07, 6.45) is 5.13. The van der Waals surface area contributed by atoms with Crippen LogP contribution >= 0.6 is 15.9 Å². The summed E-state index contributed by atoms with van der Waals surface area (Å²) >= 11 is 3.55. The maximum Gasteiger partial charge on any atom is 0.276 e. The number of rotatable bonds is 7. The predicted molar refractivity (Wildman–Crippen MR) is 138 cm³/mol. The molecule has 4 aromatic heterocycles. The minimum Gasteiger partial charge on any atom is -0.321 e. The Morgan fingerprint density at radius 2 is 1.72 bits per heavy atom. The van der Waals surface area contributed by atoms with Gasteiger partial charge in [-0.1, -0.05) is 6.07 Å². The Morgan fingerprint density at radius 3 is 2.44 bits per heavy atom. The number of halogens is 1. The van der Waals surface area contributed by atoms with Gasteiger partial charge >= 0.3 is 0 Å². The molecule has 2 N–H and O–H groups in total. The molecule has 5 rings (SSSR count). The summed E-state index contributed by atoms with van der Waals surface area (Å²) in [5.41, 5.74) is 3.62. The lowest BCUT2D eigenvalue weighted by Crippen LogP contribution is -2.17. The zero-order chi connectivity index (χ0) is 25.2. The number of aryl methyl sites for hydroxylation is 2. The molecule has 2 amide bonds. The van der Waals surface area contributed by atoms with Gasteiger partial charge in [0.2, 0.25) is 0 Å². The van der Waals surface area contributed by atoms with Gasteiger partial charge in [0.25, 0.3) is 11.8 Å². The SMILES string of the molecule is CCn1cc(Br)c(-c2ccnc3cc(C(=O)Nc4cccc(NC(=O)c5ccnn5CC)c4)nn23)n1. The van der Waals surface area contributed by atoms with Gasteiger partial charge in [0.15, 0.2) is 11.3 Å². The Hall–Kier alpha value is -4.32. The predicted octanol–water partition coefficient (Wildman–Crippen LogP) is 4.10. The van der Waals surface area contributed by atoms with Gasteiger partial charge in [-0.25, -0.2) is 9.50 Å². The second-order valence-corrected chi connectivity index (χ2v) is 8.69. The highest BCUT2D eigenvalue weighted by Crippen LogP contribution is 2.27. The first-order valence-corrected chi connectivity index (χ1v) is 12.1. The molecule has 5 aromatic rings. The van der Waals surface area contributed by atoms with E-state index in [0.717, 1.165) is 11.0 Å². The Morgan fingerprint density at radius 1 is 0.944 bits per heavy atom. The van der Waals surface area contributed by atoms with E-state index in [1.807, 2.05) is 24.7 Å². The van der Waals surface area contributed by atoms with Crippen LogP contribution in [0.2, 0.25) is 0 Å². The number of benzene rings is 1. The van der Waals surface area contributed by atoms with E-state index < -0.39 is 5.91 Å². The van der Waals surface area contributed by atoms with Gasteiger partial charge in [0, 0.05) is 49.1 Å². The molecule has 12 heteroatoms. The molecule has 0 aliphatic rings. The van der Waals surface area contributed by atoms with E-state index in [-0.39, 0.29) is 11.6 Å². The van der Waals surface area contributed by atoms with Crippen LogP contribution in [0.3, 0.4) is 0 Å². The van der Waals surface area contributed by atoms with Gasteiger partial charge in [-0.3, -0.25) is 19.0 Å². The number of amides is 2. The topological polar surface area (TPSA) is 124 Å². The minimum atomic E-state index is -0.405. The van der Waals surface area contributed by atoms with E-state index in [1.165, 1.54) is 0 Å². The molecule has 0 saturated carbocycles. The molecule has 1 aromatic carbocycles. The van der Waals surface area contributed by atoms with E-state index in [4.69, 9.17) is 0 Å². The van der Waals surface area contributed by atoms with Crippen LogP contribution in [0.1, 0.15) is 34.8 Å². The van der Waals surface area contributed by atoms with Crippen LogP contribution in [-0.4, -0.2) is 46.0 Å². The number of hydrogen-bond acceptors (Lipinski definition) is 6. The molecule has 0 aliphatic carbocycles. The zero-order valence-electron chi connectivity index (χ0n) is 19.5. The Kier molecular flexibility index (Phi) is 6.34. The van der Waals surface area contributed by atoms with Crippen molar-refractivity contribution in [2.75, 3.05) is 10.6 Å². The van der Waals surface area contributed by atoms with Crippen molar-refractivity contribution in [3.63, 3.8) is 0 Å². The molecule has 0 bridgehead atoms. The first-order valence-electron chi connectivity index (χ1n) is 11.3. The second-order valence-electron chi connectivity index (χ2n) is 7.83. The van der Waals surface area contributed by atoms with Crippen LogP contribution in [0.25, 0.3) is 17.0 Å². The van der Waals surface area contributed by atoms with Gasteiger partial charge < -0.3 is 10.6 Å². The van der Waals surface area contributed by atoms with Crippen molar-refractivity contribution in [1.82, 2.24) is 34.2 Å². The van der Waals surface area contributed by atoms with Crippen molar-refractivity contribution < 1.29 is 9.59 Å². The lowest BCUT2D eigenvalue weighted by molar-refractivity contribution is 0.101. The fourth-order valence-electron chi connectivity index (χ4n) is 3.76. The molecule has 11 nitrogen and oxygen atoms in total. The summed E-state index contributed by atoms with van der Waals surface area (Å²) < 4.78 is 5.83. The summed E-state index contributed by atoms with van der Waals surface area (Å²) in [5, 5.41) is 18.8. The second kappa shape index (κ2) is 9.74. The number of nitrogens with one attached hydrogen (secondary N) is 2. The van der Waals surface area contributed by atoms with Crippen LogP contribution in [0.15, 0.2) is 65.5 Å². The van der Waals surface area contributed by atoms with Gasteiger partial charge in [-0.05, 0) is 60.1 Å². The summed E-state index contributed by atoms with van der Waals surface area (Å²) in [6.45, 7) is 5.22. The Labute approximate surface area is 214 Å². The van der Waals surface area contributed by atoms with E-state index in [0.29, 0.717) is 40.6 Å². The Balaban J connectivity index is 1.36. The van der Waals surface area contributed by atoms with Crippen molar-refractivity contribution in [2.24, 2.45) is 0 Å². The molecule has 0 radical (unpaired) electrons. The number of fused-ring (bicyclic) bond motifs is 1. The number of carbonyl (C=O) groups is 2. The number of aromatic nitrogens is 7. The monoisotopic (exact) mass is 547 g/mol. The van der Waals surface area contributed by atoms with E-state index in [1.54, 1.807) is 64.1 Å². The maximum atomic E-state index is 13.0. The van der Waals surface area contributed by atoms with Gasteiger partial charge in [0.05, 0.1) is 10.2 Å². The lowest BCUT2D eigenvalue weighted by Gasteiger charge is -2.09. The standard InChI is InChI=1S/C24H22BrN9O2/c1-3-32-14-17(25)22(31-32)19-8-10-26-21-13-18(30-34(19)21)23(35)28-15-6-5-7-16(12-15)29-24(36)20-9-11-27-33(20)4-2/h5-14H,3-4H2,1-2H3,(H,28,35)(H,29,36).